The normalized spacial score (nSPS) is 13.0. The van der Waals surface area contributed by atoms with Crippen molar-refractivity contribution in [2.45, 2.75) is 13.0 Å². The van der Waals surface area contributed by atoms with Crippen molar-refractivity contribution in [3.63, 3.8) is 0 Å². The van der Waals surface area contributed by atoms with Crippen LogP contribution in [0.25, 0.3) is 0 Å². The van der Waals surface area contributed by atoms with E-state index in [4.69, 9.17) is 0 Å². The van der Waals surface area contributed by atoms with Gasteiger partial charge in [-0.25, -0.2) is 4.98 Å². The molecule has 13 heavy (non-hydrogen) atoms. The Hall–Kier alpha value is -0.680. The number of aromatic nitrogens is 2. The van der Waals surface area contributed by atoms with Gasteiger partial charge in [0.25, 0.3) is 0 Å². The summed E-state index contributed by atoms with van der Waals surface area (Å²) in [7, 11) is -0.666. The molecule has 0 saturated heterocycles. The van der Waals surface area contributed by atoms with E-state index >= 15 is 0 Å². The van der Waals surface area contributed by atoms with E-state index in [1.807, 2.05) is 0 Å². The number of rotatable bonds is 6. The highest BCUT2D eigenvalue weighted by Crippen LogP contribution is 1.89. The highest BCUT2D eigenvalue weighted by atomic mass is 32.2. The minimum Gasteiger partial charge on any atom is -0.347 e. The summed E-state index contributed by atoms with van der Waals surface area (Å²) < 4.78 is 10.7. The Balaban J connectivity index is 1.99. The standard InChI is InChI=1S/C8H15N3OS/c1-13(12)4-2-3-9-5-8-6-10-7-11-8/h6-7,9H,2-5H2,1H3,(H,10,11). The number of H-pyrrole nitrogens is 1. The van der Waals surface area contributed by atoms with E-state index in [1.54, 1.807) is 18.8 Å². The fraction of sp³-hybridized carbons (Fsp3) is 0.625. The van der Waals surface area contributed by atoms with E-state index in [0.717, 1.165) is 31.0 Å². The molecule has 1 unspecified atom stereocenters. The van der Waals surface area contributed by atoms with Gasteiger partial charge < -0.3 is 10.3 Å². The Morgan fingerprint density at radius 2 is 2.54 bits per heavy atom. The van der Waals surface area contributed by atoms with Crippen molar-refractivity contribution >= 4 is 10.8 Å². The maximum Gasteiger partial charge on any atom is 0.0922 e. The van der Waals surface area contributed by atoms with Crippen LogP contribution in [0, 0.1) is 0 Å². The molecule has 1 atom stereocenters. The van der Waals surface area contributed by atoms with Gasteiger partial charge in [-0.3, -0.25) is 4.21 Å². The molecule has 5 heteroatoms. The van der Waals surface area contributed by atoms with Crippen LogP contribution in [-0.2, 0) is 17.3 Å². The highest BCUT2D eigenvalue weighted by Gasteiger charge is 1.93. The van der Waals surface area contributed by atoms with Gasteiger partial charge in [0.15, 0.2) is 0 Å². The Labute approximate surface area is 80.6 Å². The first-order valence-corrected chi connectivity index (χ1v) is 6.00. The summed E-state index contributed by atoms with van der Waals surface area (Å²) >= 11 is 0. The molecular formula is C8H15N3OS. The molecule has 74 valence electrons. The van der Waals surface area contributed by atoms with Crippen LogP contribution in [0.5, 0.6) is 0 Å². The second kappa shape index (κ2) is 5.88. The van der Waals surface area contributed by atoms with E-state index in [9.17, 15) is 4.21 Å². The molecule has 2 N–H and O–H groups in total. The zero-order valence-electron chi connectivity index (χ0n) is 7.75. The molecule has 0 aromatic carbocycles. The summed E-state index contributed by atoms with van der Waals surface area (Å²) in [5.41, 5.74) is 1.08. The lowest BCUT2D eigenvalue weighted by Crippen LogP contribution is -2.16. The maximum absolute atomic E-state index is 10.7. The van der Waals surface area contributed by atoms with Gasteiger partial charge in [0.2, 0.25) is 0 Å². The molecule has 0 aliphatic heterocycles. The number of hydrogen-bond donors (Lipinski definition) is 2. The monoisotopic (exact) mass is 201 g/mol. The lowest BCUT2D eigenvalue weighted by atomic mass is 10.4. The van der Waals surface area contributed by atoms with Crippen LogP contribution < -0.4 is 5.32 Å². The van der Waals surface area contributed by atoms with E-state index in [-0.39, 0.29) is 0 Å². The molecule has 0 amide bonds. The molecular weight excluding hydrogens is 186 g/mol. The summed E-state index contributed by atoms with van der Waals surface area (Å²) in [6.45, 7) is 1.70. The zero-order chi connectivity index (χ0) is 9.52. The topological polar surface area (TPSA) is 57.8 Å². The minimum absolute atomic E-state index is 0.666. The summed E-state index contributed by atoms with van der Waals surface area (Å²) in [5.74, 6) is 0.774. The van der Waals surface area contributed by atoms with Crippen molar-refractivity contribution in [1.29, 1.82) is 0 Å². The lowest BCUT2D eigenvalue weighted by Gasteiger charge is -2.01. The predicted octanol–water partition coefficient (Wildman–Crippen LogP) is 0.268. The highest BCUT2D eigenvalue weighted by molar-refractivity contribution is 7.84. The number of hydrogen-bond acceptors (Lipinski definition) is 3. The molecule has 1 heterocycles. The Morgan fingerprint density at radius 3 is 3.15 bits per heavy atom. The van der Waals surface area contributed by atoms with Crippen molar-refractivity contribution in [2.24, 2.45) is 0 Å². The molecule has 0 aliphatic carbocycles. The van der Waals surface area contributed by atoms with Crippen molar-refractivity contribution in [2.75, 3.05) is 18.6 Å². The van der Waals surface area contributed by atoms with Crippen molar-refractivity contribution in [3.8, 4) is 0 Å². The van der Waals surface area contributed by atoms with Crippen LogP contribution in [0.15, 0.2) is 12.5 Å². The van der Waals surface area contributed by atoms with Crippen LogP contribution in [0.1, 0.15) is 12.1 Å². The van der Waals surface area contributed by atoms with Gasteiger partial charge in [-0.2, -0.15) is 0 Å². The molecule has 0 spiro atoms. The van der Waals surface area contributed by atoms with E-state index in [2.05, 4.69) is 15.3 Å². The van der Waals surface area contributed by atoms with Gasteiger partial charge in [-0.1, -0.05) is 0 Å². The maximum atomic E-state index is 10.7. The Kier molecular flexibility index (Phi) is 4.70. The average Bonchev–Trinajstić information content (AvgIpc) is 2.55. The molecule has 1 aromatic heterocycles. The third-order valence-electron chi connectivity index (χ3n) is 1.66. The molecule has 0 fully saturated rings. The molecule has 0 aliphatic rings. The molecule has 0 bridgehead atoms. The van der Waals surface area contributed by atoms with Crippen LogP contribution in [0.3, 0.4) is 0 Å². The SMILES string of the molecule is CS(=O)CCCNCc1cnc[nH]1. The van der Waals surface area contributed by atoms with Crippen LogP contribution in [-0.4, -0.2) is 32.7 Å². The van der Waals surface area contributed by atoms with E-state index in [0.29, 0.717) is 0 Å². The van der Waals surface area contributed by atoms with Crippen LogP contribution in [0.4, 0.5) is 0 Å². The van der Waals surface area contributed by atoms with Gasteiger partial charge >= 0.3 is 0 Å². The summed E-state index contributed by atoms with van der Waals surface area (Å²) in [4.78, 5) is 6.91. The number of aromatic amines is 1. The molecule has 0 radical (unpaired) electrons. The average molecular weight is 201 g/mol. The fourth-order valence-corrected chi connectivity index (χ4v) is 1.56. The van der Waals surface area contributed by atoms with Crippen molar-refractivity contribution in [1.82, 2.24) is 15.3 Å². The summed E-state index contributed by atoms with van der Waals surface area (Å²) in [6.07, 6.45) is 6.15. The first-order valence-electron chi connectivity index (χ1n) is 4.27. The second-order valence-corrected chi connectivity index (χ2v) is 4.44. The van der Waals surface area contributed by atoms with Gasteiger partial charge in [0, 0.05) is 41.2 Å². The molecule has 0 saturated carbocycles. The third kappa shape index (κ3) is 4.80. The lowest BCUT2D eigenvalue weighted by molar-refractivity contribution is 0.657. The molecule has 1 rings (SSSR count). The summed E-state index contributed by atoms with van der Waals surface area (Å²) in [6, 6.07) is 0. The van der Waals surface area contributed by atoms with Gasteiger partial charge in [0.05, 0.1) is 6.33 Å². The van der Waals surface area contributed by atoms with Crippen molar-refractivity contribution < 1.29 is 4.21 Å². The quantitative estimate of drug-likeness (QED) is 0.649. The van der Waals surface area contributed by atoms with Gasteiger partial charge in [-0.15, -0.1) is 0 Å². The Morgan fingerprint density at radius 1 is 1.69 bits per heavy atom. The van der Waals surface area contributed by atoms with Gasteiger partial charge in [-0.05, 0) is 13.0 Å². The van der Waals surface area contributed by atoms with Crippen molar-refractivity contribution in [3.05, 3.63) is 18.2 Å². The third-order valence-corrected chi connectivity index (χ3v) is 2.52. The first kappa shape index (κ1) is 10.4. The van der Waals surface area contributed by atoms with Crippen LogP contribution >= 0.6 is 0 Å². The smallest absolute Gasteiger partial charge is 0.0922 e. The van der Waals surface area contributed by atoms with Crippen LogP contribution in [0.2, 0.25) is 0 Å². The summed E-state index contributed by atoms with van der Waals surface area (Å²) in [5, 5.41) is 3.24. The van der Waals surface area contributed by atoms with Gasteiger partial charge in [0.1, 0.15) is 0 Å². The largest absolute Gasteiger partial charge is 0.347 e. The number of nitrogens with zero attached hydrogens (tertiary/aromatic N) is 1. The minimum atomic E-state index is -0.666. The zero-order valence-corrected chi connectivity index (χ0v) is 8.56. The predicted molar refractivity (Wildman–Crippen MR) is 53.8 cm³/mol. The number of nitrogens with one attached hydrogen (secondary N) is 2. The molecule has 1 aromatic rings. The van der Waals surface area contributed by atoms with E-state index in [1.165, 1.54) is 0 Å². The second-order valence-electron chi connectivity index (χ2n) is 2.88. The number of imidazole rings is 1. The Bertz CT molecular complexity index is 248. The first-order chi connectivity index (χ1) is 6.29. The molecule has 4 nitrogen and oxygen atoms in total. The van der Waals surface area contributed by atoms with E-state index < -0.39 is 10.8 Å². The fourth-order valence-electron chi connectivity index (χ4n) is 1.00.